The fourth-order valence-electron chi connectivity index (χ4n) is 2.62. The largest absolute Gasteiger partial charge is 0.497 e. The number of hydrogen-bond acceptors (Lipinski definition) is 5. The second-order valence-electron chi connectivity index (χ2n) is 6.32. The summed E-state index contributed by atoms with van der Waals surface area (Å²) in [6.07, 6.45) is 0. The van der Waals surface area contributed by atoms with Crippen LogP contribution >= 0.6 is 0 Å². The van der Waals surface area contributed by atoms with Gasteiger partial charge in [-0.05, 0) is 50.2 Å². The van der Waals surface area contributed by atoms with Crippen molar-refractivity contribution in [1.29, 1.82) is 0 Å². The molecule has 0 aliphatic heterocycles. The Bertz CT molecular complexity index is 1020. The Hall–Kier alpha value is -2.64. The van der Waals surface area contributed by atoms with Crippen LogP contribution in [0.15, 0.2) is 57.8 Å². The van der Waals surface area contributed by atoms with Crippen LogP contribution in [-0.4, -0.2) is 31.9 Å². The molecular weight excluding hydrogens is 364 g/mol. The van der Waals surface area contributed by atoms with E-state index in [1.807, 2.05) is 31.2 Å². The molecule has 0 saturated carbocycles. The van der Waals surface area contributed by atoms with Crippen molar-refractivity contribution in [3.8, 4) is 17.2 Å². The number of aryl methyl sites for hydroxylation is 2. The predicted molar refractivity (Wildman–Crippen MR) is 103 cm³/mol. The molecule has 6 nitrogen and oxygen atoms in total. The Morgan fingerprint density at radius 1 is 1.04 bits per heavy atom. The number of nitrogens with zero attached hydrogens (tertiary/aromatic N) is 2. The lowest BCUT2D eigenvalue weighted by Gasteiger charge is -2.16. The van der Waals surface area contributed by atoms with E-state index in [2.05, 4.69) is 4.98 Å². The highest BCUT2D eigenvalue weighted by molar-refractivity contribution is 7.89. The van der Waals surface area contributed by atoms with Gasteiger partial charge in [-0.25, -0.2) is 13.4 Å². The van der Waals surface area contributed by atoms with Crippen molar-refractivity contribution in [2.75, 3.05) is 14.2 Å². The van der Waals surface area contributed by atoms with E-state index in [4.69, 9.17) is 9.15 Å². The van der Waals surface area contributed by atoms with E-state index >= 15 is 0 Å². The van der Waals surface area contributed by atoms with Crippen LogP contribution in [0.2, 0.25) is 0 Å². The van der Waals surface area contributed by atoms with E-state index in [0.29, 0.717) is 23.1 Å². The van der Waals surface area contributed by atoms with Crippen molar-refractivity contribution in [2.45, 2.75) is 25.3 Å². The smallest absolute Gasteiger partial charge is 0.243 e. The van der Waals surface area contributed by atoms with Gasteiger partial charge in [-0.2, -0.15) is 4.31 Å². The number of ether oxygens (including phenoxy) is 1. The average molecular weight is 386 g/mol. The number of methoxy groups -OCH3 is 1. The van der Waals surface area contributed by atoms with Gasteiger partial charge in [0.15, 0.2) is 0 Å². The Kier molecular flexibility index (Phi) is 5.34. The first-order chi connectivity index (χ1) is 12.8. The SMILES string of the molecule is COc1ccc(S(=O)(=O)N(C)Cc2nc(-c3ccc(C)cc3)oc2C)cc1. The molecule has 0 spiro atoms. The minimum Gasteiger partial charge on any atom is -0.497 e. The third kappa shape index (κ3) is 4.04. The Labute approximate surface area is 159 Å². The zero-order chi connectivity index (χ0) is 19.6. The maximum absolute atomic E-state index is 12.8. The van der Waals surface area contributed by atoms with E-state index in [1.54, 1.807) is 19.1 Å². The Morgan fingerprint density at radius 3 is 2.26 bits per heavy atom. The lowest BCUT2D eigenvalue weighted by Crippen LogP contribution is -2.26. The molecule has 3 rings (SSSR count). The summed E-state index contributed by atoms with van der Waals surface area (Å²) < 4.78 is 37.7. The fraction of sp³-hybridized carbons (Fsp3) is 0.250. The summed E-state index contributed by atoms with van der Waals surface area (Å²) in [7, 11) is -0.580. The highest BCUT2D eigenvalue weighted by Gasteiger charge is 2.23. The second kappa shape index (κ2) is 7.54. The maximum Gasteiger partial charge on any atom is 0.243 e. The van der Waals surface area contributed by atoms with E-state index in [9.17, 15) is 8.42 Å². The van der Waals surface area contributed by atoms with Crippen LogP contribution in [0.5, 0.6) is 5.75 Å². The van der Waals surface area contributed by atoms with Crippen LogP contribution in [0.3, 0.4) is 0 Å². The van der Waals surface area contributed by atoms with Gasteiger partial charge in [0, 0.05) is 12.6 Å². The van der Waals surface area contributed by atoms with Crippen LogP contribution in [0.4, 0.5) is 0 Å². The van der Waals surface area contributed by atoms with Gasteiger partial charge in [0.1, 0.15) is 11.5 Å². The van der Waals surface area contributed by atoms with Gasteiger partial charge in [-0.3, -0.25) is 0 Å². The summed E-state index contributed by atoms with van der Waals surface area (Å²) in [5.41, 5.74) is 2.59. The lowest BCUT2D eigenvalue weighted by atomic mass is 10.1. The first-order valence-corrected chi connectivity index (χ1v) is 9.89. The molecule has 0 unspecified atom stereocenters. The number of hydrogen-bond donors (Lipinski definition) is 0. The normalized spacial score (nSPS) is 11.7. The molecule has 27 heavy (non-hydrogen) atoms. The van der Waals surface area contributed by atoms with Gasteiger partial charge in [0.05, 0.1) is 24.2 Å². The number of aromatic nitrogens is 1. The molecule has 7 heteroatoms. The molecule has 3 aromatic rings. The third-order valence-electron chi connectivity index (χ3n) is 4.33. The summed E-state index contributed by atoms with van der Waals surface area (Å²) >= 11 is 0. The molecule has 0 amide bonds. The fourth-order valence-corrected chi connectivity index (χ4v) is 3.75. The van der Waals surface area contributed by atoms with Crippen LogP contribution in [-0.2, 0) is 16.6 Å². The van der Waals surface area contributed by atoms with E-state index < -0.39 is 10.0 Å². The van der Waals surface area contributed by atoms with Crippen molar-refractivity contribution in [3.05, 3.63) is 65.5 Å². The first kappa shape index (κ1) is 19.1. The molecule has 0 N–H and O–H groups in total. The van der Waals surface area contributed by atoms with Crippen LogP contribution in [0, 0.1) is 13.8 Å². The topological polar surface area (TPSA) is 72.6 Å². The summed E-state index contributed by atoms with van der Waals surface area (Å²) in [4.78, 5) is 4.69. The number of sulfonamides is 1. The van der Waals surface area contributed by atoms with Gasteiger partial charge in [-0.15, -0.1) is 0 Å². The van der Waals surface area contributed by atoms with E-state index in [-0.39, 0.29) is 11.4 Å². The summed E-state index contributed by atoms with van der Waals surface area (Å²) in [5.74, 6) is 1.69. The summed E-state index contributed by atoms with van der Waals surface area (Å²) in [6.45, 7) is 3.92. The van der Waals surface area contributed by atoms with Crippen molar-refractivity contribution >= 4 is 10.0 Å². The molecule has 2 aromatic carbocycles. The predicted octanol–water partition coefficient (Wildman–Crippen LogP) is 3.79. The second-order valence-corrected chi connectivity index (χ2v) is 8.37. The minimum atomic E-state index is -3.64. The molecule has 0 aliphatic rings. The summed E-state index contributed by atoms with van der Waals surface area (Å²) in [6, 6.07) is 14.1. The molecule has 0 fully saturated rings. The standard InChI is InChI=1S/C20H22N2O4S/c1-14-5-7-16(8-6-14)20-21-19(15(2)26-20)13-22(3)27(23,24)18-11-9-17(25-4)10-12-18/h5-12H,13H2,1-4H3. The van der Waals surface area contributed by atoms with Gasteiger partial charge in [0.2, 0.25) is 15.9 Å². The van der Waals surface area contributed by atoms with Crippen molar-refractivity contribution in [1.82, 2.24) is 9.29 Å². The van der Waals surface area contributed by atoms with Crippen molar-refractivity contribution in [3.63, 3.8) is 0 Å². The monoisotopic (exact) mass is 386 g/mol. The number of rotatable bonds is 6. The summed E-state index contributed by atoms with van der Waals surface area (Å²) in [5, 5.41) is 0. The number of benzene rings is 2. The third-order valence-corrected chi connectivity index (χ3v) is 6.15. The highest BCUT2D eigenvalue weighted by atomic mass is 32.2. The van der Waals surface area contributed by atoms with Gasteiger partial charge < -0.3 is 9.15 Å². The molecule has 1 heterocycles. The molecular formula is C20H22N2O4S. The molecule has 0 radical (unpaired) electrons. The molecule has 0 aliphatic carbocycles. The zero-order valence-corrected chi connectivity index (χ0v) is 16.6. The zero-order valence-electron chi connectivity index (χ0n) is 15.8. The number of oxazole rings is 1. The van der Waals surface area contributed by atoms with Crippen LogP contribution < -0.4 is 4.74 Å². The average Bonchev–Trinajstić information content (AvgIpc) is 3.02. The van der Waals surface area contributed by atoms with Crippen molar-refractivity contribution in [2.24, 2.45) is 0 Å². The molecule has 0 atom stereocenters. The van der Waals surface area contributed by atoms with Crippen LogP contribution in [0.1, 0.15) is 17.0 Å². The molecule has 142 valence electrons. The molecule has 1 aromatic heterocycles. The Balaban J connectivity index is 1.82. The molecule has 0 bridgehead atoms. The quantitative estimate of drug-likeness (QED) is 0.644. The molecule has 0 saturated heterocycles. The van der Waals surface area contributed by atoms with Gasteiger partial charge in [-0.1, -0.05) is 17.7 Å². The van der Waals surface area contributed by atoms with Gasteiger partial charge in [0.25, 0.3) is 0 Å². The highest BCUT2D eigenvalue weighted by Crippen LogP contribution is 2.25. The van der Waals surface area contributed by atoms with Crippen molar-refractivity contribution < 1.29 is 17.6 Å². The van der Waals surface area contributed by atoms with E-state index in [0.717, 1.165) is 11.1 Å². The lowest BCUT2D eigenvalue weighted by molar-refractivity contribution is 0.414. The Morgan fingerprint density at radius 2 is 1.67 bits per heavy atom. The van der Waals surface area contributed by atoms with E-state index in [1.165, 1.54) is 30.6 Å². The minimum absolute atomic E-state index is 0.121. The first-order valence-electron chi connectivity index (χ1n) is 8.45. The maximum atomic E-state index is 12.8. The van der Waals surface area contributed by atoms with Crippen LogP contribution in [0.25, 0.3) is 11.5 Å². The van der Waals surface area contributed by atoms with Gasteiger partial charge >= 0.3 is 0 Å².